The van der Waals surface area contributed by atoms with Gasteiger partial charge in [-0.2, -0.15) is 8.78 Å². The Bertz CT molecular complexity index is 122. The van der Waals surface area contributed by atoms with Crippen molar-refractivity contribution in [2.45, 2.75) is 38.5 Å². The Morgan fingerprint density at radius 1 is 1.40 bits per heavy atom. The maximum absolute atomic E-state index is 12.2. The van der Waals surface area contributed by atoms with Gasteiger partial charge in [-0.05, 0) is 12.3 Å². The van der Waals surface area contributed by atoms with E-state index >= 15 is 0 Å². The lowest BCUT2D eigenvalue weighted by Crippen LogP contribution is -2.11. The van der Waals surface area contributed by atoms with Crippen LogP contribution < -0.4 is 0 Å². The predicted molar refractivity (Wildman–Crippen MR) is 37.9 cm³/mol. The number of rotatable bonds is 4. The molecule has 2 heteroatoms. The van der Waals surface area contributed by atoms with E-state index in [0.717, 1.165) is 12.8 Å². The molecule has 58 valence electrons. The first-order chi connectivity index (χ1) is 4.62. The zero-order valence-corrected chi connectivity index (χ0v) is 6.16. The normalized spacial score (nSPS) is 11.0. The van der Waals surface area contributed by atoms with Crippen LogP contribution in [0.4, 0.5) is 8.78 Å². The Morgan fingerprint density at radius 3 is 2.40 bits per heavy atom. The average molecular weight is 146 g/mol. The SMILES string of the molecule is C#CC(F)(F)CCCCC. The molecule has 0 atom stereocenters. The molecule has 0 saturated carbocycles. The highest BCUT2D eigenvalue weighted by atomic mass is 19.3. The maximum atomic E-state index is 12.2. The molecule has 0 aliphatic carbocycles. The number of alkyl halides is 2. The Morgan fingerprint density at radius 2 is 2.00 bits per heavy atom. The van der Waals surface area contributed by atoms with Gasteiger partial charge in [0.2, 0.25) is 0 Å². The standard InChI is InChI=1S/C8H12F2/c1-3-5-6-7-8(9,10)4-2/h2H,3,5-7H2,1H3. The van der Waals surface area contributed by atoms with E-state index in [9.17, 15) is 8.78 Å². The number of hydrogen-bond donors (Lipinski definition) is 0. The quantitative estimate of drug-likeness (QED) is 0.422. The zero-order valence-electron chi connectivity index (χ0n) is 6.16. The molecule has 0 aromatic carbocycles. The number of unbranched alkanes of at least 4 members (excludes halogenated alkanes) is 2. The molecule has 0 unspecified atom stereocenters. The van der Waals surface area contributed by atoms with Gasteiger partial charge in [0, 0.05) is 6.42 Å². The maximum Gasteiger partial charge on any atom is 0.307 e. The minimum absolute atomic E-state index is 0.169. The lowest BCUT2D eigenvalue weighted by Gasteiger charge is -2.06. The van der Waals surface area contributed by atoms with Gasteiger partial charge >= 0.3 is 5.92 Å². The van der Waals surface area contributed by atoms with Gasteiger partial charge in [0.15, 0.2) is 0 Å². The van der Waals surface area contributed by atoms with Crippen molar-refractivity contribution in [1.29, 1.82) is 0 Å². The predicted octanol–water partition coefficient (Wildman–Crippen LogP) is 2.84. The summed E-state index contributed by atoms with van der Waals surface area (Å²) in [6, 6.07) is 0. The van der Waals surface area contributed by atoms with E-state index < -0.39 is 5.92 Å². The summed E-state index contributed by atoms with van der Waals surface area (Å²) in [5.41, 5.74) is 0. The van der Waals surface area contributed by atoms with Crippen LogP contribution in [0.25, 0.3) is 0 Å². The number of hydrogen-bond acceptors (Lipinski definition) is 0. The second-order valence-electron chi connectivity index (χ2n) is 2.31. The van der Waals surface area contributed by atoms with Gasteiger partial charge in [-0.25, -0.2) is 0 Å². The van der Waals surface area contributed by atoms with Crippen LogP contribution in [0.1, 0.15) is 32.6 Å². The number of terminal acetylenes is 1. The van der Waals surface area contributed by atoms with Gasteiger partial charge in [-0.3, -0.25) is 0 Å². The van der Waals surface area contributed by atoms with Gasteiger partial charge < -0.3 is 0 Å². The molecule has 0 saturated heterocycles. The second-order valence-corrected chi connectivity index (χ2v) is 2.31. The summed E-state index contributed by atoms with van der Waals surface area (Å²) in [5.74, 6) is -1.41. The fraction of sp³-hybridized carbons (Fsp3) is 0.750. The molecule has 0 aliphatic heterocycles. The van der Waals surface area contributed by atoms with E-state index in [1.807, 2.05) is 6.92 Å². The van der Waals surface area contributed by atoms with Crippen LogP contribution in [0.3, 0.4) is 0 Å². The van der Waals surface area contributed by atoms with Crippen LogP contribution in [0.2, 0.25) is 0 Å². The second kappa shape index (κ2) is 4.27. The van der Waals surface area contributed by atoms with Gasteiger partial charge in [0.1, 0.15) is 0 Å². The lowest BCUT2D eigenvalue weighted by atomic mass is 10.1. The van der Waals surface area contributed by atoms with Crippen LogP contribution >= 0.6 is 0 Å². The third-order valence-electron chi connectivity index (χ3n) is 1.31. The van der Waals surface area contributed by atoms with Gasteiger partial charge in [-0.1, -0.05) is 19.8 Å². The van der Waals surface area contributed by atoms with Gasteiger partial charge in [-0.15, -0.1) is 6.42 Å². The Hall–Kier alpha value is -0.580. The molecule has 0 amide bonds. The first-order valence-electron chi connectivity index (χ1n) is 3.48. The van der Waals surface area contributed by atoms with Crippen molar-refractivity contribution in [2.24, 2.45) is 0 Å². The highest BCUT2D eigenvalue weighted by molar-refractivity contribution is 5.00. The van der Waals surface area contributed by atoms with Crippen LogP contribution in [0, 0.1) is 12.3 Å². The molecular weight excluding hydrogens is 134 g/mol. The van der Waals surface area contributed by atoms with Crippen LogP contribution in [-0.4, -0.2) is 5.92 Å². The van der Waals surface area contributed by atoms with Crippen molar-refractivity contribution in [3.8, 4) is 12.3 Å². The molecule has 0 aromatic heterocycles. The minimum Gasteiger partial charge on any atom is -0.192 e. The summed E-state index contributed by atoms with van der Waals surface area (Å²) in [5, 5.41) is 0. The van der Waals surface area contributed by atoms with E-state index in [0.29, 0.717) is 6.42 Å². The fourth-order valence-corrected chi connectivity index (χ4v) is 0.669. The largest absolute Gasteiger partial charge is 0.307 e. The molecule has 0 aromatic rings. The molecule has 0 bridgehead atoms. The topological polar surface area (TPSA) is 0 Å². The third-order valence-corrected chi connectivity index (χ3v) is 1.31. The van der Waals surface area contributed by atoms with Crippen LogP contribution in [-0.2, 0) is 0 Å². The minimum atomic E-state index is -2.88. The summed E-state index contributed by atoms with van der Waals surface area (Å²) < 4.78 is 24.5. The Labute approximate surface area is 60.6 Å². The fourth-order valence-electron chi connectivity index (χ4n) is 0.669. The first-order valence-corrected chi connectivity index (χ1v) is 3.48. The molecular formula is C8H12F2. The molecule has 10 heavy (non-hydrogen) atoms. The van der Waals surface area contributed by atoms with E-state index in [1.54, 1.807) is 0 Å². The van der Waals surface area contributed by atoms with Crippen molar-refractivity contribution in [3.05, 3.63) is 0 Å². The third kappa shape index (κ3) is 4.31. The molecule has 0 rings (SSSR count). The summed E-state index contributed by atoms with van der Waals surface area (Å²) in [7, 11) is 0. The Kier molecular flexibility index (Phi) is 4.02. The monoisotopic (exact) mass is 146 g/mol. The van der Waals surface area contributed by atoms with E-state index in [-0.39, 0.29) is 6.42 Å². The molecule has 0 aliphatic rings. The zero-order chi connectivity index (χ0) is 8.04. The van der Waals surface area contributed by atoms with Gasteiger partial charge in [0.05, 0.1) is 0 Å². The molecule has 0 fully saturated rings. The smallest absolute Gasteiger partial charge is 0.192 e. The molecule has 0 spiro atoms. The van der Waals surface area contributed by atoms with E-state index in [1.165, 1.54) is 5.92 Å². The van der Waals surface area contributed by atoms with E-state index in [4.69, 9.17) is 0 Å². The Balaban J connectivity index is 3.40. The number of halogens is 2. The van der Waals surface area contributed by atoms with Crippen LogP contribution in [0.5, 0.6) is 0 Å². The molecule has 0 heterocycles. The average Bonchev–Trinajstić information content (AvgIpc) is 1.89. The van der Waals surface area contributed by atoms with Crippen molar-refractivity contribution in [2.75, 3.05) is 0 Å². The van der Waals surface area contributed by atoms with E-state index in [2.05, 4.69) is 6.42 Å². The first kappa shape index (κ1) is 9.42. The summed E-state index contributed by atoms with van der Waals surface area (Å²) in [6.45, 7) is 1.97. The van der Waals surface area contributed by atoms with Crippen LogP contribution in [0.15, 0.2) is 0 Å². The lowest BCUT2D eigenvalue weighted by molar-refractivity contribution is 0.0540. The summed E-state index contributed by atoms with van der Waals surface area (Å²) >= 11 is 0. The molecule has 0 nitrogen and oxygen atoms in total. The molecule has 0 N–H and O–H groups in total. The molecule has 0 radical (unpaired) electrons. The highest BCUT2D eigenvalue weighted by Gasteiger charge is 2.23. The van der Waals surface area contributed by atoms with Crippen molar-refractivity contribution in [3.63, 3.8) is 0 Å². The van der Waals surface area contributed by atoms with Crippen molar-refractivity contribution in [1.82, 2.24) is 0 Å². The summed E-state index contributed by atoms with van der Waals surface area (Å²) in [6.07, 6.45) is 6.72. The van der Waals surface area contributed by atoms with Crippen molar-refractivity contribution >= 4 is 0 Å². The van der Waals surface area contributed by atoms with Crippen molar-refractivity contribution < 1.29 is 8.78 Å². The summed E-state index contributed by atoms with van der Waals surface area (Å²) in [4.78, 5) is 0. The highest BCUT2D eigenvalue weighted by Crippen LogP contribution is 2.19. The van der Waals surface area contributed by atoms with Gasteiger partial charge in [0.25, 0.3) is 0 Å².